The Morgan fingerprint density at radius 3 is 3.00 bits per heavy atom. The standard InChI is InChI=1S/C16H14ClN5O2/c1-21-8-11(17)14(20-21)16(23)22-6-4-13-12(9-22)19-15(24-13)10-3-2-5-18-7-10/h2-3,5,7-8H,4,6,9H2,1H3. The molecule has 3 aromatic rings. The fourth-order valence-corrected chi connectivity index (χ4v) is 3.00. The quantitative estimate of drug-likeness (QED) is 0.713. The molecule has 1 aliphatic heterocycles. The number of oxazole rings is 1. The van der Waals surface area contributed by atoms with Gasteiger partial charge in [-0.05, 0) is 12.1 Å². The molecule has 1 aliphatic rings. The maximum absolute atomic E-state index is 12.6. The third-order valence-electron chi connectivity index (χ3n) is 3.91. The lowest BCUT2D eigenvalue weighted by Crippen LogP contribution is -2.36. The van der Waals surface area contributed by atoms with Crippen LogP contribution in [-0.2, 0) is 20.0 Å². The highest BCUT2D eigenvalue weighted by Crippen LogP contribution is 2.27. The Morgan fingerprint density at radius 2 is 2.29 bits per heavy atom. The lowest BCUT2D eigenvalue weighted by Gasteiger charge is -2.24. The molecule has 1 amide bonds. The molecule has 7 nitrogen and oxygen atoms in total. The topological polar surface area (TPSA) is 77.0 Å². The van der Waals surface area contributed by atoms with Crippen LogP contribution < -0.4 is 0 Å². The van der Waals surface area contributed by atoms with E-state index in [-0.39, 0.29) is 11.6 Å². The number of halogens is 1. The third-order valence-corrected chi connectivity index (χ3v) is 4.19. The van der Waals surface area contributed by atoms with Crippen molar-refractivity contribution in [3.63, 3.8) is 0 Å². The van der Waals surface area contributed by atoms with Gasteiger partial charge in [-0.3, -0.25) is 14.5 Å². The number of pyridine rings is 1. The van der Waals surface area contributed by atoms with Gasteiger partial charge in [0, 0.05) is 38.6 Å². The summed E-state index contributed by atoms with van der Waals surface area (Å²) < 4.78 is 7.35. The van der Waals surface area contributed by atoms with Crippen LogP contribution in [0.4, 0.5) is 0 Å². The number of aryl methyl sites for hydroxylation is 1. The smallest absolute Gasteiger partial charge is 0.276 e. The first kappa shape index (κ1) is 14.9. The summed E-state index contributed by atoms with van der Waals surface area (Å²) in [6.07, 6.45) is 5.62. The predicted octanol–water partition coefficient (Wildman–Crippen LogP) is 2.32. The maximum Gasteiger partial charge on any atom is 0.276 e. The molecule has 0 aromatic carbocycles. The highest BCUT2D eigenvalue weighted by molar-refractivity contribution is 6.33. The number of carbonyl (C=O) groups excluding carboxylic acids is 1. The van der Waals surface area contributed by atoms with Gasteiger partial charge in [0.05, 0.1) is 17.1 Å². The lowest BCUT2D eigenvalue weighted by atomic mass is 10.1. The minimum absolute atomic E-state index is 0.197. The minimum Gasteiger partial charge on any atom is -0.441 e. The van der Waals surface area contributed by atoms with Crippen molar-refractivity contribution in [2.75, 3.05) is 6.54 Å². The highest BCUT2D eigenvalue weighted by atomic mass is 35.5. The fraction of sp³-hybridized carbons (Fsp3) is 0.250. The first-order valence-corrected chi connectivity index (χ1v) is 7.87. The number of rotatable bonds is 2. The summed E-state index contributed by atoms with van der Waals surface area (Å²) in [6, 6.07) is 3.72. The van der Waals surface area contributed by atoms with Crippen LogP contribution in [0.5, 0.6) is 0 Å². The summed E-state index contributed by atoms with van der Waals surface area (Å²) in [7, 11) is 1.73. The number of nitrogens with zero attached hydrogens (tertiary/aromatic N) is 5. The number of aromatic nitrogens is 4. The monoisotopic (exact) mass is 343 g/mol. The molecule has 122 valence electrons. The van der Waals surface area contributed by atoms with E-state index in [2.05, 4.69) is 15.1 Å². The summed E-state index contributed by atoms with van der Waals surface area (Å²) in [5.41, 5.74) is 1.84. The Hall–Kier alpha value is -2.67. The second-order valence-electron chi connectivity index (χ2n) is 5.61. The van der Waals surface area contributed by atoms with Crippen LogP contribution in [-0.4, -0.2) is 37.1 Å². The van der Waals surface area contributed by atoms with Gasteiger partial charge in [-0.2, -0.15) is 5.10 Å². The molecular formula is C16H14ClN5O2. The Balaban J connectivity index is 1.59. The predicted molar refractivity (Wildman–Crippen MR) is 86.4 cm³/mol. The zero-order chi connectivity index (χ0) is 16.7. The van der Waals surface area contributed by atoms with Gasteiger partial charge in [-0.15, -0.1) is 0 Å². The summed E-state index contributed by atoms with van der Waals surface area (Å²) >= 11 is 6.07. The van der Waals surface area contributed by atoms with Crippen molar-refractivity contribution in [2.45, 2.75) is 13.0 Å². The SMILES string of the molecule is Cn1cc(Cl)c(C(=O)N2CCc3oc(-c4cccnc4)nc3C2)n1. The van der Waals surface area contributed by atoms with Crippen LogP contribution in [0.1, 0.15) is 21.9 Å². The van der Waals surface area contributed by atoms with E-state index >= 15 is 0 Å². The second kappa shape index (κ2) is 5.76. The van der Waals surface area contributed by atoms with Crippen molar-refractivity contribution in [3.8, 4) is 11.5 Å². The van der Waals surface area contributed by atoms with Crippen LogP contribution in [0.15, 0.2) is 35.1 Å². The molecule has 4 heterocycles. The van der Waals surface area contributed by atoms with Gasteiger partial charge < -0.3 is 9.32 Å². The van der Waals surface area contributed by atoms with E-state index in [1.54, 1.807) is 30.5 Å². The summed E-state index contributed by atoms with van der Waals surface area (Å²) in [5.74, 6) is 1.14. The van der Waals surface area contributed by atoms with Gasteiger partial charge in [0.15, 0.2) is 5.69 Å². The zero-order valence-corrected chi connectivity index (χ0v) is 13.7. The molecule has 0 fully saturated rings. The molecule has 24 heavy (non-hydrogen) atoms. The van der Waals surface area contributed by atoms with Gasteiger partial charge in [0.25, 0.3) is 5.91 Å². The Kier molecular flexibility index (Phi) is 3.57. The molecule has 0 N–H and O–H groups in total. The van der Waals surface area contributed by atoms with Crippen LogP contribution in [0.3, 0.4) is 0 Å². The van der Waals surface area contributed by atoms with Crippen molar-refractivity contribution in [2.24, 2.45) is 7.05 Å². The van der Waals surface area contributed by atoms with E-state index in [1.165, 1.54) is 4.68 Å². The number of hydrogen-bond acceptors (Lipinski definition) is 5. The summed E-state index contributed by atoms with van der Waals surface area (Å²) in [4.78, 5) is 22.9. The van der Waals surface area contributed by atoms with E-state index in [0.29, 0.717) is 30.4 Å². The zero-order valence-electron chi connectivity index (χ0n) is 12.9. The van der Waals surface area contributed by atoms with Gasteiger partial charge in [-0.1, -0.05) is 11.6 Å². The molecule has 0 radical (unpaired) electrons. The molecule has 4 rings (SSSR count). The average Bonchev–Trinajstić information content (AvgIpc) is 3.17. The number of carbonyl (C=O) groups is 1. The van der Waals surface area contributed by atoms with Crippen LogP contribution >= 0.6 is 11.6 Å². The van der Waals surface area contributed by atoms with E-state index in [9.17, 15) is 4.79 Å². The largest absolute Gasteiger partial charge is 0.441 e. The van der Waals surface area contributed by atoms with Crippen LogP contribution in [0.2, 0.25) is 5.02 Å². The molecule has 0 atom stereocenters. The Bertz CT molecular complexity index is 903. The Labute approximate surface area is 142 Å². The molecule has 0 unspecified atom stereocenters. The van der Waals surface area contributed by atoms with Crippen molar-refractivity contribution in [3.05, 3.63) is 52.9 Å². The minimum atomic E-state index is -0.197. The second-order valence-corrected chi connectivity index (χ2v) is 6.01. The van der Waals surface area contributed by atoms with E-state index in [0.717, 1.165) is 17.0 Å². The van der Waals surface area contributed by atoms with Crippen molar-refractivity contribution < 1.29 is 9.21 Å². The van der Waals surface area contributed by atoms with E-state index < -0.39 is 0 Å². The van der Waals surface area contributed by atoms with Crippen molar-refractivity contribution >= 4 is 17.5 Å². The molecule has 0 saturated carbocycles. The van der Waals surface area contributed by atoms with Crippen LogP contribution in [0.25, 0.3) is 11.5 Å². The van der Waals surface area contributed by atoms with Gasteiger partial charge >= 0.3 is 0 Å². The average molecular weight is 344 g/mol. The first-order valence-electron chi connectivity index (χ1n) is 7.49. The summed E-state index contributed by atoms with van der Waals surface area (Å²) in [5, 5.41) is 4.49. The van der Waals surface area contributed by atoms with E-state index in [1.807, 2.05) is 12.1 Å². The van der Waals surface area contributed by atoms with Gasteiger partial charge in [-0.25, -0.2) is 4.98 Å². The van der Waals surface area contributed by atoms with Crippen molar-refractivity contribution in [1.82, 2.24) is 24.6 Å². The molecule has 0 spiro atoms. The Morgan fingerprint density at radius 1 is 1.42 bits per heavy atom. The molecule has 8 heteroatoms. The molecule has 3 aromatic heterocycles. The number of fused-ring (bicyclic) bond motifs is 1. The van der Waals surface area contributed by atoms with Crippen molar-refractivity contribution in [1.29, 1.82) is 0 Å². The fourth-order valence-electron chi connectivity index (χ4n) is 2.74. The number of amides is 1. The molecule has 0 saturated heterocycles. The van der Waals surface area contributed by atoms with Crippen LogP contribution in [0, 0.1) is 0 Å². The third kappa shape index (κ3) is 2.56. The molecule has 0 bridgehead atoms. The molecule has 0 aliphatic carbocycles. The lowest BCUT2D eigenvalue weighted by molar-refractivity contribution is 0.0721. The number of hydrogen-bond donors (Lipinski definition) is 0. The van der Waals surface area contributed by atoms with Gasteiger partial charge in [0.2, 0.25) is 5.89 Å². The highest BCUT2D eigenvalue weighted by Gasteiger charge is 2.28. The summed E-state index contributed by atoms with van der Waals surface area (Å²) in [6.45, 7) is 0.922. The van der Waals surface area contributed by atoms with Gasteiger partial charge in [0.1, 0.15) is 11.5 Å². The normalized spacial score (nSPS) is 13.8. The van der Waals surface area contributed by atoms with E-state index in [4.69, 9.17) is 16.0 Å². The molecular weight excluding hydrogens is 330 g/mol. The maximum atomic E-state index is 12.6. The first-order chi connectivity index (χ1) is 11.6.